The van der Waals surface area contributed by atoms with Crippen molar-refractivity contribution in [2.24, 2.45) is 17.4 Å². The van der Waals surface area contributed by atoms with Crippen LogP contribution in [-0.4, -0.2) is 248 Å². The largest absolute Gasteiger partial charge is 0.481 e. The summed E-state index contributed by atoms with van der Waals surface area (Å²) in [7, 11) is 0. The zero-order chi connectivity index (χ0) is 85.8. The number of benzene rings is 2. The number of hydrogen-bond donors (Lipinski definition) is 22. The number of amides is 14. The number of aromatic amines is 1. The maximum Gasteiger partial charge on any atom is 0.329 e. The van der Waals surface area contributed by atoms with Crippen LogP contribution in [-0.2, 0) is 102 Å². The van der Waals surface area contributed by atoms with E-state index in [0.717, 1.165) is 52.9 Å². The fraction of sp³-hybridized carbons (Fsp3) is 0.528. The Kier molecular flexibility index (Phi) is 39.2. The van der Waals surface area contributed by atoms with Crippen LogP contribution in [0.1, 0.15) is 146 Å². The number of carboxylic acid groups (broad SMARTS) is 4. The van der Waals surface area contributed by atoms with E-state index in [9.17, 15) is 121 Å². The van der Waals surface area contributed by atoms with Gasteiger partial charge in [-0.1, -0.05) is 82.7 Å². The Morgan fingerprint density at radius 2 is 1.09 bits per heavy atom. The molecule has 43 nitrogen and oxygen atoms in total. The Balaban J connectivity index is 1.87. The number of nitrogens with two attached hydrogens (primary N) is 3. The molecule has 14 amide bonds. The molecule has 630 valence electrons. The fourth-order valence-corrected chi connectivity index (χ4v) is 11.7. The number of aromatic nitrogens is 1. The van der Waals surface area contributed by atoms with E-state index in [0.29, 0.717) is 29.3 Å². The second-order valence-electron chi connectivity index (χ2n) is 27.2. The van der Waals surface area contributed by atoms with Crippen LogP contribution < -0.4 is 86.3 Å². The summed E-state index contributed by atoms with van der Waals surface area (Å²) in [5.41, 5.74) is 18.1. The number of ketones is 1. The van der Waals surface area contributed by atoms with E-state index in [1.54, 1.807) is 30.5 Å². The van der Waals surface area contributed by atoms with E-state index < -0.39 is 261 Å². The molecule has 2 aromatic carbocycles. The third-order valence-electron chi connectivity index (χ3n) is 17.9. The van der Waals surface area contributed by atoms with Crippen LogP contribution in [0.15, 0.2) is 54.7 Å². The number of rotatable bonds is 35. The highest BCUT2D eigenvalue weighted by Crippen LogP contribution is 2.22. The van der Waals surface area contributed by atoms with Crippen molar-refractivity contribution >= 4 is 135 Å². The topological polar surface area (TPSA) is 702 Å². The van der Waals surface area contributed by atoms with Gasteiger partial charge in [0.2, 0.25) is 82.7 Å². The molecule has 1 aromatic heterocycles. The molecule has 4 rings (SSSR count). The number of aliphatic carboxylic acids is 4. The summed E-state index contributed by atoms with van der Waals surface area (Å²) in [5.74, 6) is -29.7. The summed E-state index contributed by atoms with van der Waals surface area (Å²) in [6.45, 7) is 1.11. The SMILES string of the molecule is CCCCCCCCCC(=O)N[C@@H](Cc1c[nH]c2ccccc12)C(=O)N[C@H](CC(N)=O)C(=O)N[C@@H](CC(=O)O)C(=O)N[C@@H]1C(=O)NCC(=O)N[C@H](CCCN)C(=O)N[C@@H](CC(=O)O)C(=O)N[C@@H](C)C(=O)N[C@@H](CC(=O)O)C(=O)NCC(=O)N[C@H](CO)C(=O)N[C@@H]([C@@H](C)CC(=O)O)C(=O)N[C@@H](CC(=O)c2ccccc2N)C(=O)O[C@@H]1C. The van der Waals surface area contributed by atoms with Gasteiger partial charge in [0.1, 0.15) is 72.6 Å². The first-order chi connectivity index (χ1) is 54.4. The number of esters is 1. The number of aliphatic hydroxyl groups is 1. The van der Waals surface area contributed by atoms with Gasteiger partial charge >= 0.3 is 29.8 Å². The van der Waals surface area contributed by atoms with E-state index in [1.165, 1.54) is 24.3 Å². The van der Waals surface area contributed by atoms with Crippen LogP contribution in [0.4, 0.5) is 5.69 Å². The third-order valence-corrected chi connectivity index (χ3v) is 17.9. The van der Waals surface area contributed by atoms with Gasteiger partial charge in [0.25, 0.3) is 0 Å². The van der Waals surface area contributed by atoms with E-state index in [-0.39, 0.29) is 37.1 Å². The number of carbonyl (C=O) groups excluding carboxylic acids is 16. The first-order valence-electron chi connectivity index (χ1n) is 36.8. The molecule has 0 bridgehead atoms. The second kappa shape index (κ2) is 47.6. The maximum absolute atomic E-state index is 14.8. The molecule has 25 N–H and O–H groups in total. The van der Waals surface area contributed by atoms with Gasteiger partial charge in [0.15, 0.2) is 5.78 Å². The molecule has 2 heterocycles. The second-order valence-corrected chi connectivity index (χ2v) is 27.2. The van der Waals surface area contributed by atoms with Crippen LogP contribution in [0.25, 0.3) is 10.9 Å². The molecule has 0 unspecified atom stereocenters. The van der Waals surface area contributed by atoms with Crippen molar-refractivity contribution in [1.29, 1.82) is 0 Å². The van der Waals surface area contributed by atoms with Crippen LogP contribution in [0.2, 0.25) is 0 Å². The minimum Gasteiger partial charge on any atom is -0.481 e. The minimum atomic E-state index is -2.45. The molecular formula is C72H101N17O26. The van der Waals surface area contributed by atoms with E-state index in [1.807, 2.05) is 16.0 Å². The fourth-order valence-electron chi connectivity index (χ4n) is 11.7. The Labute approximate surface area is 657 Å². The summed E-state index contributed by atoms with van der Waals surface area (Å²) in [5, 5.41) is 78.7. The lowest BCUT2D eigenvalue weighted by Crippen LogP contribution is -2.62. The van der Waals surface area contributed by atoms with Gasteiger partial charge in [-0.25, -0.2) is 4.79 Å². The Morgan fingerprint density at radius 3 is 1.69 bits per heavy atom. The summed E-state index contributed by atoms with van der Waals surface area (Å²) >= 11 is 0. The molecular weight excluding hydrogens is 1520 g/mol. The first-order valence-corrected chi connectivity index (χ1v) is 36.8. The number of primary amides is 1. The summed E-state index contributed by atoms with van der Waals surface area (Å²) in [6.07, 6.45) is -2.33. The number of carbonyl (C=O) groups is 20. The van der Waals surface area contributed by atoms with Gasteiger partial charge < -0.3 is 122 Å². The number of ether oxygens (including phenoxy) is 1. The summed E-state index contributed by atoms with van der Waals surface area (Å²) in [4.78, 5) is 276. The van der Waals surface area contributed by atoms with Crippen molar-refractivity contribution in [3.05, 3.63) is 65.9 Å². The highest BCUT2D eigenvalue weighted by atomic mass is 16.5. The predicted octanol–water partition coefficient (Wildman–Crippen LogP) is -5.62. The lowest BCUT2D eigenvalue weighted by atomic mass is 9.96. The van der Waals surface area contributed by atoms with E-state index in [4.69, 9.17) is 21.9 Å². The smallest absolute Gasteiger partial charge is 0.329 e. The Bertz CT molecular complexity index is 4040. The van der Waals surface area contributed by atoms with Gasteiger partial charge in [0.05, 0.1) is 51.8 Å². The molecule has 0 saturated carbocycles. The molecule has 13 atom stereocenters. The van der Waals surface area contributed by atoms with Gasteiger partial charge in [0, 0.05) is 47.6 Å². The predicted molar refractivity (Wildman–Crippen MR) is 400 cm³/mol. The number of para-hydroxylation sites is 2. The van der Waals surface area contributed by atoms with Crippen LogP contribution in [0.5, 0.6) is 0 Å². The summed E-state index contributed by atoms with van der Waals surface area (Å²) < 4.78 is 5.68. The van der Waals surface area contributed by atoms with Crippen LogP contribution in [0, 0.1) is 5.92 Å². The molecule has 3 aromatic rings. The van der Waals surface area contributed by atoms with Crippen molar-refractivity contribution in [2.45, 2.75) is 209 Å². The highest BCUT2D eigenvalue weighted by Gasteiger charge is 2.41. The lowest BCUT2D eigenvalue weighted by molar-refractivity contribution is -0.156. The molecule has 43 heteroatoms. The number of carboxylic acids is 4. The van der Waals surface area contributed by atoms with Crippen molar-refractivity contribution in [1.82, 2.24) is 74.1 Å². The highest BCUT2D eigenvalue weighted by molar-refractivity contribution is 6.05. The molecule has 0 aliphatic carbocycles. The van der Waals surface area contributed by atoms with Crippen molar-refractivity contribution in [3.63, 3.8) is 0 Å². The lowest BCUT2D eigenvalue weighted by Gasteiger charge is -2.30. The molecule has 1 fully saturated rings. The van der Waals surface area contributed by atoms with Crippen molar-refractivity contribution < 1.29 is 126 Å². The number of fused-ring (bicyclic) bond motifs is 1. The maximum atomic E-state index is 14.8. The molecule has 1 aliphatic rings. The van der Waals surface area contributed by atoms with Crippen molar-refractivity contribution in [2.75, 3.05) is 32.0 Å². The van der Waals surface area contributed by atoms with Gasteiger partial charge in [-0.15, -0.1) is 0 Å². The van der Waals surface area contributed by atoms with E-state index >= 15 is 0 Å². The first kappa shape index (κ1) is 94.7. The van der Waals surface area contributed by atoms with Crippen molar-refractivity contribution in [3.8, 4) is 0 Å². The zero-order valence-electron chi connectivity index (χ0n) is 63.6. The average Bonchev–Trinajstić information content (AvgIpc) is 1.72. The molecule has 1 saturated heterocycles. The standard InChI is InChI=1S/C72H101N17O26/c1-5-6-7-8-9-10-11-22-53(93)81-44(25-38-31-76-42-20-15-13-17-39(38)42)66(108)84-45(27-52(75)92)67(109)86-48(30-59(102)103)68(110)89-61-37(4)115-72(114)49(26-51(91)40-18-12-14-19-41(40)74)87-71(113)60(35(2)24-56(96)97)88-69(111)50(34-90)82-55(95)32-77-63(105)46(28-57(98)99)83-62(104)36(3)79-65(107)47(29-58(100)101)85-64(106)43(21-16-23-73)80-54(94)33-78-70(61)112/h12-15,17-20,31,35-37,43-50,60-61,76,90H,5-11,16,21-30,32-34,73-74H2,1-4H3,(H2,75,92)(H,77,105)(H,78,112)(H,79,107)(H,80,94)(H,81,93)(H,82,95)(H,83,104)(H,84,108)(H,85,106)(H,86,109)(H,87,113)(H,88,111)(H,89,110)(H,96,97)(H,98,99)(H,100,101)(H,102,103)/t35-,36-,37+,43+,44-,45+,46-,47-,48-,49-,50+,60-,61-/m0/s1. The number of nitrogens with one attached hydrogen (secondary N) is 14. The Hall–Kier alpha value is -12.7. The molecule has 0 radical (unpaired) electrons. The number of Topliss-reactive ketones (excluding diaryl/α,β-unsaturated/α-hetero) is 1. The monoisotopic (exact) mass is 1620 g/mol. The number of hydrogen-bond acceptors (Lipinski definition) is 24. The van der Waals surface area contributed by atoms with Gasteiger partial charge in [-0.2, -0.15) is 0 Å². The van der Waals surface area contributed by atoms with Gasteiger partial charge in [-0.3, -0.25) is 91.1 Å². The Morgan fingerprint density at radius 1 is 0.548 bits per heavy atom. The average molecular weight is 1620 g/mol. The molecule has 115 heavy (non-hydrogen) atoms. The van der Waals surface area contributed by atoms with Crippen LogP contribution >= 0.6 is 0 Å². The number of anilines is 1. The summed E-state index contributed by atoms with van der Waals surface area (Å²) in [6, 6.07) is -10.5. The number of nitrogen functional groups attached to an aromatic ring is 1. The number of unbranched alkanes of at least 4 members (excludes halogenated alkanes) is 6. The minimum absolute atomic E-state index is 0.0186. The quantitative estimate of drug-likeness (QED) is 0.0113. The van der Waals surface area contributed by atoms with Crippen LogP contribution in [0.3, 0.4) is 0 Å². The molecule has 0 spiro atoms. The van der Waals surface area contributed by atoms with E-state index in [2.05, 4.69) is 65.1 Å². The third kappa shape index (κ3) is 32.5. The zero-order valence-corrected chi connectivity index (χ0v) is 63.6. The number of cyclic esters (lactones) is 1. The number of H-pyrrole nitrogens is 1. The van der Waals surface area contributed by atoms with Gasteiger partial charge in [-0.05, 0) is 69.3 Å². The normalized spacial score (nSPS) is 21.2. The number of aliphatic hydroxyl groups excluding tert-OH is 1. The molecule has 1 aliphatic heterocycles.